The zero-order valence-corrected chi connectivity index (χ0v) is 21.1. The lowest BCUT2D eigenvalue weighted by atomic mass is 9.73. The van der Waals surface area contributed by atoms with Gasteiger partial charge < -0.3 is 19.5 Å². The molecule has 3 aromatic rings. The molecule has 1 aromatic heterocycles. The summed E-state index contributed by atoms with van der Waals surface area (Å²) in [5.41, 5.74) is 2.75. The molecule has 0 fully saturated rings. The summed E-state index contributed by atoms with van der Waals surface area (Å²) in [7, 11) is 4.73. The summed E-state index contributed by atoms with van der Waals surface area (Å²) in [6.07, 6.45) is 1.13. The van der Waals surface area contributed by atoms with Gasteiger partial charge in [-0.2, -0.15) is 4.98 Å². The van der Waals surface area contributed by atoms with E-state index in [1.807, 2.05) is 24.3 Å². The maximum absolute atomic E-state index is 13.6. The van der Waals surface area contributed by atoms with Crippen molar-refractivity contribution in [2.75, 3.05) is 26.6 Å². The van der Waals surface area contributed by atoms with Crippen molar-refractivity contribution >= 4 is 23.3 Å². The standard InChI is InChI=1S/C26H27ClN4O4/c1-26(2)12-17-22(18(32)13-26)23(15-10-20(34-4)21(35-5)11-19(15)33-3)31-25(28-17)29-24(30-31)14-8-6-7-9-16(14)27/h6-11,23H,12-13H2,1-5H3,(H,28,29,30). The molecule has 1 aliphatic heterocycles. The lowest BCUT2D eigenvalue weighted by molar-refractivity contribution is -0.118. The quantitative estimate of drug-likeness (QED) is 0.516. The van der Waals surface area contributed by atoms with Crippen molar-refractivity contribution in [2.24, 2.45) is 5.41 Å². The van der Waals surface area contributed by atoms with Crippen LogP contribution in [0.1, 0.15) is 38.3 Å². The highest BCUT2D eigenvalue weighted by molar-refractivity contribution is 6.33. The van der Waals surface area contributed by atoms with Gasteiger partial charge in [0.2, 0.25) is 5.95 Å². The third kappa shape index (κ3) is 3.91. The number of methoxy groups -OCH3 is 3. The number of allylic oxidation sites excluding steroid dienone is 2. The molecule has 182 valence electrons. The van der Waals surface area contributed by atoms with Crippen LogP contribution < -0.4 is 19.5 Å². The number of hydrogen-bond acceptors (Lipinski definition) is 7. The monoisotopic (exact) mass is 494 g/mol. The van der Waals surface area contributed by atoms with Gasteiger partial charge in [-0.05, 0) is 30.0 Å². The van der Waals surface area contributed by atoms with Crippen LogP contribution in [0.5, 0.6) is 17.2 Å². The predicted octanol–water partition coefficient (Wildman–Crippen LogP) is 5.28. The molecule has 2 heterocycles. The molecule has 1 aliphatic carbocycles. The third-order valence-corrected chi connectivity index (χ3v) is 6.81. The van der Waals surface area contributed by atoms with Gasteiger partial charge in [0.15, 0.2) is 23.1 Å². The number of hydrogen-bond donors (Lipinski definition) is 1. The van der Waals surface area contributed by atoms with Crippen molar-refractivity contribution in [3.05, 3.63) is 58.3 Å². The molecule has 0 saturated carbocycles. The van der Waals surface area contributed by atoms with E-state index in [9.17, 15) is 4.79 Å². The van der Waals surface area contributed by atoms with E-state index in [1.54, 1.807) is 38.1 Å². The maximum Gasteiger partial charge on any atom is 0.226 e. The minimum absolute atomic E-state index is 0.0611. The van der Waals surface area contributed by atoms with Crippen LogP contribution in [0, 0.1) is 5.41 Å². The second-order valence-electron chi connectivity index (χ2n) is 9.49. The fourth-order valence-corrected chi connectivity index (χ4v) is 5.14. The third-order valence-electron chi connectivity index (χ3n) is 6.48. The topological polar surface area (TPSA) is 87.5 Å². The zero-order valence-electron chi connectivity index (χ0n) is 20.3. The summed E-state index contributed by atoms with van der Waals surface area (Å²) in [5, 5.41) is 8.76. The fraction of sp³-hybridized carbons (Fsp3) is 0.346. The van der Waals surface area contributed by atoms with Crippen molar-refractivity contribution in [1.82, 2.24) is 14.8 Å². The molecular formula is C26H27ClN4O4. The van der Waals surface area contributed by atoms with Crippen molar-refractivity contribution < 1.29 is 19.0 Å². The van der Waals surface area contributed by atoms with Crippen LogP contribution in [0.15, 0.2) is 47.7 Å². The molecular weight excluding hydrogens is 468 g/mol. The Morgan fingerprint density at radius 2 is 1.71 bits per heavy atom. The molecule has 2 aromatic carbocycles. The van der Waals surface area contributed by atoms with Gasteiger partial charge in [-0.15, -0.1) is 5.10 Å². The van der Waals surface area contributed by atoms with Gasteiger partial charge >= 0.3 is 0 Å². The van der Waals surface area contributed by atoms with Crippen LogP contribution in [0.2, 0.25) is 5.02 Å². The number of Topliss-reactive ketones (excluding diaryl/α,β-unsaturated/α-hetero) is 1. The van der Waals surface area contributed by atoms with Gasteiger partial charge in [-0.1, -0.05) is 37.6 Å². The molecule has 0 bridgehead atoms. The van der Waals surface area contributed by atoms with Crippen molar-refractivity contribution in [2.45, 2.75) is 32.7 Å². The van der Waals surface area contributed by atoms with E-state index >= 15 is 0 Å². The van der Waals surface area contributed by atoms with Gasteiger partial charge in [0.1, 0.15) is 11.8 Å². The van der Waals surface area contributed by atoms with Crippen LogP contribution in [0.4, 0.5) is 5.95 Å². The molecule has 35 heavy (non-hydrogen) atoms. The van der Waals surface area contributed by atoms with Crippen molar-refractivity contribution in [1.29, 1.82) is 0 Å². The number of carbonyl (C=O) groups excluding carboxylic acids is 1. The van der Waals surface area contributed by atoms with Crippen molar-refractivity contribution in [3.8, 4) is 28.6 Å². The molecule has 5 rings (SSSR count). The normalized spacial score (nSPS) is 18.5. The number of ether oxygens (including phenoxy) is 3. The van der Waals surface area contributed by atoms with Gasteiger partial charge in [0.05, 0.1) is 26.4 Å². The summed E-state index contributed by atoms with van der Waals surface area (Å²) in [4.78, 5) is 18.3. The first-order valence-corrected chi connectivity index (χ1v) is 11.7. The first kappa shape index (κ1) is 23.2. The number of fused-ring (bicyclic) bond motifs is 1. The van der Waals surface area contributed by atoms with E-state index < -0.39 is 6.04 Å². The van der Waals surface area contributed by atoms with Crippen LogP contribution in [0.25, 0.3) is 11.4 Å². The first-order valence-electron chi connectivity index (χ1n) is 11.3. The molecule has 0 spiro atoms. The first-order chi connectivity index (χ1) is 16.8. The molecule has 9 heteroatoms. The Morgan fingerprint density at radius 1 is 1.03 bits per heavy atom. The predicted molar refractivity (Wildman–Crippen MR) is 133 cm³/mol. The SMILES string of the molecule is COc1cc(OC)c(C2C3=C(CC(C)(C)CC3=O)Nc3nc(-c4ccccc4Cl)nn32)cc1OC. The number of ketones is 1. The summed E-state index contributed by atoms with van der Waals surface area (Å²) >= 11 is 6.45. The summed E-state index contributed by atoms with van der Waals surface area (Å²) in [6.45, 7) is 4.19. The van der Waals surface area contributed by atoms with Crippen LogP contribution in [-0.2, 0) is 4.79 Å². The van der Waals surface area contributed by atoms with Crippen LogP contribution in [0.3, 0.4) is 0 Å². The number of rotatable bonds is 5. The number of benzene rings is 2. The molecule has 2 aliphatic rings. The number of anilines is 1. The smallest absolute Gasteiger partial charge is 0.226 e. The number of nitrogens with one attached hydrogen (secondary N) is 1. The Balaban J connectivity index is 1.76. The van der Waals surface area contributed by atoms with E-state index in [-0.39, 0.29) is 11.2 Å². The minimum atomic E-state index is -0.566. The molecule has 0 amide bonds. The Bertz CT molecular complexity index is 1360. The number of aromatic nitrogens is 3. The highest BCUT2D eigenvalue weighted by Crippen LogP contribution is 2.49. The highest BCUT2D eigenvalue weighted by Gasteiger charge is 2.43. The van der Waals surface area contributed by atoms with Gasteiger partial charge in [0.25, 0.3) is 0 Å². The Hall–Kier alpha value is -3.52. The average molecular weight is 495 g/mol. The molecule has 1 N–H and O–H groups in total. The number of halogens is 1. The highest BCUT2D eigenvalue weighted by atomic mass is 35.5. The van der Waals surface area contributed by atoms with Gasteiger partial charge in [-0.25, -0.2) is 4.68 Å². The van der Waals surface area contributed by atoms with Crippen LogP contribution >= 0.6 is 11.6 Å². The maximum atomic E-state index is 13.6. The lowest BCUT2D eigenvalue weighted by Crippen LogP contribution is -2.36. The molecule has 8 nitrogen and oxygen atoms in total. The largest absolute Gasteiger partial charge is 0.496 e. The fourth-order valence-electron chi connectivity index (χ4n) is 4.92. The van der Waals surface area contributed by atoms with E-state index in [4.69, 9.17) is 35.9 Å². The molecule has 0 radical (unpaired) electrons. The lowest BCUT2D eigenvalue weighted by Gasteiger charge is -2.38. The summed E-state index contributed by atoms with van der Waals surface area (Å²) in [5.74, 6) is 2.68. The van der Waals surface area contributed by atoms with Gasteiger partial charge in [-0.3, -0.25) is 4.79 Å². The summed E-state index contributed by atoms with van der Waals surface area (Å²) < 4.78 is 18.5. The second-order valence-corrected chi connectivity index (χ2v) is 9.90. The van der Waals surface area contributed by atoms with E-state index in [0.717, 1.165) is 11.3 Å². The molecule has 0 saturated heterocycles. The molecule has 1 unspecified atom stereocenters. The minimum Gasteiger partial charge on any atom is -0.496 e. The second kappa shape index (κ2) is 8.61. The van der Waals surface area contributed by atoms with E-state index in [2.05, 4.69) is 19.2 Å². The Morgan fingerprint density at radius 3 is 2.40 bits per heavy atom. The number of nitrogens with zero attached hydrogens (tertiary/aromatic N) is 3. The molecule has 1 atom stereocenters. The van der Waals surface area contributed by atoms with E-state index in [0.29, 0.717) is 58.0 Å². The zero-order chi connectivity index (χ0) is 24.9. The van der Waals surface area contributed by atoms with Gasteiger partial charge in [0, 0.05) is 34.9 Å². The Labute approximate surface area is 208 Å². The average Bonchev–Trinajstić information content (AvgIpc) is 3.24. The van der Waals surface area contributed by atoms with Crippen LogP contribution in [-0.4, -0.2) is 41.9 Å². The van der Waals surface area contributed by atoms with E-state index in [1.165, 1.54) is 0 Å². The number of carbonyl (C=O) groups is 1. The summed E-state index contributed by atoms with van der Waals surface area (Å²) in [6, 6.07) is 10.5. The van der Waals surface area contributed by atoms with Crippen molar-refractivity contribution in [3.63, 3.8) is 0 Å². The Kier molecular flexibility index (Phi) is 5.71.